The lowest BCUT2D eigenvalue weighted by molar-refractivity contribution is -0.0289. The first kappa shape index (κ1) is 49.5. The molecule has 1 rings (SSSR count). The predicted octanol–water partition coefficient (Wildman–Crippen LogP) is 2.52. The van der Waals surface area contributed by atoms with Crippen molar-refractivity contribution in [3.05, 3.63) is 35.9 Å². The van der Waals surface area contributed by atoms with E-state index in [2.05, 4.69) is 21.2 Å². The summed E-state index contributed by atoms with van der Waals surface area (Å²) in [6, 6.07) is 9.50. The molecule has 0 spiro atoms. The Morgan fingerprint density at radius 1 is 0.396 bits per heavy atom. The third kappa shape index (κ3) is 39.9. The largest absolute Gasteiger partial charge is 0.445 e. The first-order chi connectivity index (χ1) is 26.3. The van der Waals surface area contributed by atoms with Crippen LogP contribution >= 0.6 is 15.9 Å². The number of halogens is 1. The zero-order valence-electron chi connectivity index (χ0n) is 31.4. The van der Waals surface area contributed by atoms with Gasteiger partial charge < -0.3 is 71.6 Å². The second-order valence-corrected chi connectivity index (χ2v) is 11.4. The third-order valence-corrected chi connectivity index (χ3v) is 6.74. The quantitative estimate of drug-likeness (QED) is 0.0756. The van der Waals surface area contributed by atoms with Crippen molar-refractivity contribution in [2.75, 3.05) is 184 Å². The summed E-state index contributed by atoms with van der Waals surface area (Å²) < 4.78 is 76.0. The molecule has 0 unspecified atom stereocenters. The van der Waals surface area contributed by atoms with Crippen molar-refractivity contribution in [1.82, 2.24) is 5.32 Å². The Hall–Kier alpha value is -1.55. The summed E-state index contributed by atoms with van der Waals surface area (Å²) in [6.07, 6.45) is -0.471. The van der Waals surface area contributed by atoms with Crippen LogP contribution in [0.1, 0.15) is 5.56 Å². The molecule has 0 aliphatic heterocycles. The first-order valence-electron chi connectivity index (χ1n) is 18.3. The minimum absolute atomic E-state index is 0.236. The number of rotatable bonds is 43. The smallest absolute Gasteiger partial charge is 0.407 e. The molecule has 310 valence electrons. The SMILES string of the molecule is O=C(NCCOCCOCCOCCOCCOCCOCCOCCOCCOCCOCCOCCOCCOCCBr)OCc1ccccc1. The molecule has 0 aromatic heterocycles. The minimum Gasteiger partial charge on any atom is -0.445 e. The summed E-state index contributed by atoms with van der Waals surface area (Å²) in [5, 5.41) is 3.48. The molecule has 1 N–H and O–H groups in total. The summed E-state index contributed by atoms with van der Waals surface area (Å²) in [5.41, 5.74) is 0.936. The van der Waals surface area contributed by atoms with E-state index in [1.165, 1.54) is 0 Å². The van der Waals surface area contributed by atoms with E-state index in [0.717, 1.165) is 10.9 Å². The molecule has 0 heterocycles. The maximum Gasteiger partial charge on any atom is 0.407 e. The Bertz CT molecular complexity index is 865. The number of ether oxygens (including phenoxy) is 14. The maximum atomic E-state index is 11.7. The Kier molecular flexibility index (Phi) is 40.3. The van der Waals surface area contributed by atoms with Crippen LogP contribution in [0.15, 0.2) is 30.3 Å². The van der Waals surface area contributed by atoms with Crippen LogP contribution in [0, 0.1) is 0 Å². The molecular weight excluding hydrogens is 766 g/mol. The molecule has 0 saturated carbocycles. The number of alkyl carbamates (subject to hydrolysis) is 1. The van der Waals surface area contributed by atoms with Gasteiger partial charge in [0, 0.05) is 11.9 Å². The summed E-state index contributed by atoms with van der Waals surface area (Å²) in [4.78, 5) is 11.7. The Balaban J connectivity index is 1.62. The maximum absolute atomic E-state index is 11.7. The number of benzene rings is 1. The van der Waals surface area contributed by atoms with Gasteiger partial charge in [0.15, 0.2) is 0 Å². The minimum atomic E-state index is -0.471. The topological polar surface area (TPSA) is 158 Å². The number of hydrogen-bond donors (Lipinski definition) is 1. The molecule has 1 aromatic rings. The highest BCUT2D eigenvalue weighted by molar-refractivity contribution is 9.09. The van der Waals surface area contributed by atoms with Crippen LogP contribution in [-0.4, -0.2) is 190 Å². The highest BCUT2D eigenvalue weighted by Gasteiger charge is 2.02. The van der Waals surface area contributed by atoms with E-state index < -0.39 is 6.09 Å². The highest BCUT2D eigenvalue weighted by Crippen LogP contribution is 2.00. The molecule has 0 radical (unpaired) electrons. The van der Waals surface area contributed by atoms with E-state index in [0.29, 0.717) is 178 Å². The average Bonchev–Trinajstić information content (AvgIpc) is 3.18. The molecular formula is C36H64BrNO15. The number of nitrogens with one attached hydrogen (secondary N) is 1. The monoisotopic (exact) mass is 829 g/mol. The zero-order chi connectivity index (χ0) is 37.8. The van der Waals surface area contributed by atoms with Gasteiger partial charge in [0.05, 0.1) is 172 Å². The molecule has 0 saturated heterocycles. The lowest BCUT2D eigenvalue weighted by Crippen LogP contribution is -2.28. The van der Waals surface area contributed by atoms with Crippen molar-refractivity contribution in [2.45, 2.75) is 6.61 Å². The van der Waals surface area contributed by atoms with Crippen molar-refractivity contribution in [3.8, 4) is 0 Å². The summed E-state index contributed by atoms with van der Waals surface area (Å²) in [7, 11) is 0. The van der Waals surface area contributed by atoms with E-state index in [1.54, 1.807) is 0 Å². The van der Waals surface area contributed by atoms with Gasteiger partial charge in [-0.1, -0.05) is 46.3 Å². The van der Waals surface area contributed by atoms with Gasteiger partial charge in [0.1, 0.15) is 6.61 Å². The van der Waals surface area contributed by atoms with Gasteiger partial charge in [-0.25, -0.2) is 4.79 Å². The van der Waals surface area contributed by atoms with E-state index in [9.17, 15) is 4.79 Å². The number of carbonyl (C=O) groups is 1. The van der Waals surface area contributed by atoms with Gasteiger partial charge in [0.25, 0.3) is 0 Å². The summed E-state index contributed by atoms with van der Waals surface area (Å²) in [5.74, 6) is 0. The molecule has 0 atom stereocenters. The molecule has 17 heteroatoms. The number of alkyl halides is 1. The number of amides is 1. The lowest BCUT2D eigenvalue weighted by Gasteiger charge is -2.09. The van der Waals surface area contributed by atoms with Crippen LogP contribution in [0.25, 0.3) is 0 Å². The second kappa shape index (κ2) is 43.2. The van der Waals surface area contributed by atoms with Crippen molar-refractivity contribution >= 4 is 22.0 Å². The van der Waals surface area contributed by atoms with Gasteiger partial charge in [-0.3, -0.25) is 0 Å². The zero-order valence-corrected chi connectivity index (χ0v) is 33.0. The van der Waals surface area contributed by atoms with E-state index in [-0.39, 0.29) is 6.61 Å². The van der Waals surface area contributed by atoms with Crippen molar-refractivity contribution in [3.63, 3.8) is 0 Å². The fourth-order valence-electron chi connectivity index (χ4n) is 3.79. The van der Waals surface area contributed by atoms with E-state index in [1.807, 2.05) is 30.3 Å². The molecule has 0 fully saturated rings. The van der Waals surface area contributed by atoms with Gasteiger partial charge in [-0.2, -0.15) is 0 Å². The fourth-order valence-corrected chi connectivity index (χ4v) is 4.02. The number of carbonyl (C=O) groups excluding carboxylic acids is 1. The fraction of sp³-hybridized carbons (Fsp3) is 0.806. The molecule has 1 amide bonds. The van der Waals surface area contributed by atoms with E-state index >= 15 is 0 Å². The first-order valence-corrected chi connectivity index (χ1v) is 19.5. The summed E-state index contributed by atoms with van der Waals surface area (Å²) in [6.45, 7) is 13.7. The number of hydrogen-bond acceptors (Lipinski definition) is 15. The van der Waals surface area contributed by atoms with Crippen molar-refractivity contribution < 1.29 is 71.1 Å². The van der Waals surface area contributed by atoms with Crippen molar-refractivity contribution in [1.29, 1.82) is 0 Å². The standard InChI is InChI=1S/C36H64BrNO15/c37-6-8-40-10-12-42-14-16-44-18-20-46-22-24-48-26-28-50-30-32-52-33-31-51-29-27-49-25-23-47-21-19-45-17-15-43-13-11-41-9-7-38-36(39)53-34-35-4-2-1-3-5-35/h1-5H,6-34H2,(H,38,39). The molecule has 0 bridgehead atoms. The van der Waals surface area contributed by atoms with Gasteiger partial charge >= 0.3 is 6.09 Å². The van der Waals surface area contributed by atoms with Gasteiger partial charge in [-0.05, 0) is 5.56 Å². The van der Waals surface area contributed by atoms with Crippen LogP contribution in [0.3, 0.4) is 0 Å². The molecule has 53 heavy (non-hydrogen) atoms. The van der Waals surface area contributed by atoms with Gasteiger partial charge in [0.2, 0.25) is 0 Å². The van der Waals surface area contributed by atoms with Crippen molar-refractivity contribution in [2.24, 2.45) is 0 Å². The second-order valence-electron chi connectivity index (χ2n) is 10.6. The molecule has 0 aliphatic rings. The normalized spacial score (nSPS) is 11.3. The molecule has 16 nitrogen and oxygen atoms in total. The highest BCUT2D eigenvalue weighted by atomic mass is 79.9. The Morgan fingerprint density at radius 3 is 0.943 bits per heavy atom. The molecule has 0 aliphatic carbocycles. The van der Waals surface area contributed by atoms with E-state index in [4.69, 9.17) is 66.3 Å². The summed E-state index contributed by atoms with van der Waals surface area (Å²) >= 11 is 3.30. The third-order valence-electron chi connectivity index (χ3n) is 6.41. The van der Waals surface area contributed by atoms with Crippen LogP contribution in [0.5, 0.6) is 0 Å². The van der Waals surface area contributed by atoms with Gasteiger partial charge in [-0.15, -0.1) is 0 Å². The Labute approximate surface area is 324 Å². The average molecular weight is 831 g/mol. The molecule has 1 aromatic carbocycles. The predicted molar refractivity (Wildman–Crippen MR) is 199 cm³/mol. The Morgan fingerprint density at radius 2 is 0.660 bits per heavy atom. The lowest BCUT2D eigenvalue weighted by atomic mass is 10.2. The van der Waals surface area contributed by atoms with Crippen LogP contribution < -0.4 is 5.32 Å². The van der Waals surface area contributed by atoms with Crippen LogP contribution in [0.2, 0.25) is 0 Å². The van der Waals surface area contributed by atoms with Crippen LogP contribution in [-0.2, 0) is 72.9 Å². The van der Waals surface area contributed by atoms with Crippen LogP contribution in [0.4, 0.5) is 4.79 Å².